The zero-order chi connectivity index (χ0) is 10.6. The van der Waals surface area contributed by atoms with E-state index in [1.54, 1.807) is 0 Å². The molecule has 0 N–H and O–H groups in total. The molecule has 0 amide bonds. The second kappa shape index (κ2) is 4.81. The first-order valence-electron chi connectivity index (χ1n) is 5.16. The van der Waals surface area contributed by atoms with E-state index in [2.05, 4.69) is 37.7 Å². The summed E-state index contributed by atoms with van der Waals surface area (Å²) in [5, 5.41) is 0. The van der Waals surface area contributed by atoms with Gasteiger partial charge in [-0.25, -0.2) is 4.85 Å². The van der Waals surface area contributed by atoms with Crippen LogP contribution in [-0.4, -0.2) is 0 Å². The predicted molar refractivity (Wildman–Crippen MR) is 60.6 cm³/mol. The lowest BCUT2D eigenvalue weighted by Crippen LogP contribution is -2.04. The summed E-state index contributed by atoms with van der Waals surface area (Å²) in [6.45, 7) is 13.6. The highest BCUT2D eigenvalue weighted by Gasteiger charge is 2.12. The number of nitrogens with zero attached hydrogens (tertiary/aromatic N) is 1. The summed E-state index contributed by atoms with van der Waals surface area (Å²) in [4.78, 5) is 3.39. The van der Waals surface area contributed by atoms with Crippen molar-refractivity contribution in [3.63, 3.8) is 0 Å². The minimum absolute atomic E-state index is 0.620. The Morgan fingerprint density at radius 3 is 2.14 bits per heavy atom. The summed E-state index contributed by atoms with van der Waals surface area (Å²) in [7, 11) is 0. The average Bonchev–Trinajstić information content (AvgIpc) is 2.19. The topological polar surface area (TPSA) is 4.36 Å². The van der Waals surface area contributed by atoms with Gasteiger partial charge >= 0.3 is 0 Å². The largest absolute Gasteiger partial charge is 0.238 e. The fourth-order valence-electron chi connectivity index (χ4n) is 1.89. The Labute approximate surface area is 86.6 Å². The molecule has 14 heavy (non-hydrogen) atoms. The second-order valence-corrected chi connectivity index (χ2v) is 3.96. The van der Waals surface area contributed by atoms with Gasteiger partial charge in [0, 0.05) is 0 Å². The van der Waals surface area contributed by atoms with Crippen LogP contribution in [0.15, 0.2) is 24.3 Å². The first kappa shape index (κ1) is 10.8. The fraction of sp³-hybridized carbons (Fsp3) is 0.462. The molecule has 1 heteroatoms. The van der Waals surface area contributed by atoms with E-state index >= 15 is 0 Å². The van der Waals surface area contributed by atoms with Gasteiger partial charge in [0.25, 0.3) is 0 Å². The predicted octanol–water partition coefficient (Wildman–Crippen LogP) is 4.39. The first-order chi connectivity index (χ1) is 6.69. The molecule has 0 unspecified atom stereocenters. The van der Waals surface area contributed by atoms with Gasteiger partial charge < -0.3 is 0 Å². The Kier molecular flexibility index (Phi) is 3.71. The summed E-state index contributed by atoms with van der Waals surface area (Å²) < 4.78 is 0. The Bertz CT molecular complexity index is 316. The minimum Gasteiger partial charge on any atom is -0.238 e. The second-order valence-electron chi connectivity index (χ2n) is 3.96. The van der Waals surface area contributed by atoms with Crippen LogP contribution >= 0.6 is 0 Å². The first-order valence-corrected chi connectivity index (χ1v) is 5.16. The standard InChI is InChI=1S/C13H17N/c1-5-13(10(2)3)11-6-8-12(14-4)9-7-11/h6-10,13H,5H2,1-3H3/t13-/m0/s1. The monoisotopic (exact) mass is 187 g/mol. The van der Waals surface area contributed by atoms with Gasteiger partial charge in [0.1, 0.15) is 0 Å². The molecule has 0 saturated heterocycles. The molecule has 0 bridgehead atoms. The van der Waals surface area contributed by atoms with Crippen LogP contribution in [0.5, 0.6) is 0 Å². The third-order valence-electron chi connectivity index (χ3n) is 2.69. The molecule has 0 aliphatic rings. The van der Waals surface area contributed by atoms with Crippen molar-refractivity contribution in [1.29, 1.82) is 0 Å². The zero-order valence-electron chi connectivity index (χ0n) is 9.12. The summed E-state index contributed by atoms with van der Waals surface area (Å²) in [6.07, 6.45) is 1.16. The molecule has 0 saturated carbocycles. The smallest absolute Gasteiger partial charge is 0.187 e. The van der Waals surface area contributed by atoms with E-state index in [1.807, 2.05) is 12.1 Å². The molecule has 74 valence electrons. The molecule has 0 spiro atoms. The molecular formula is C13H17N. The Hall–Kier alpha value is -1.29. The van der Waals surface area contributed by atoms with Crippen molar-refractivity contribution in [2.45, 2.75) is 33.1 Å². The molecule has 1 aromatic carbocycles. The molecule has 0 heterocycles. The van der Waals surface area contributed by atoms with Crippen LogP contribution in [-0.2, 0) is 0 Å². The van der Waals surface area contributed by atoms with Crippen molar-refractivity contribution in [2.75, 3.05) is 0 Å². The molecule has 0 aliphatic heterocycles. The zero-order valence-corrected chi connectivity index (χ0v) is 9.12. The van der Waals surface area contributed by atoms with Crippen molar-refractivity contribution in [3.8, 4) is 0 Å². The number of benzene rings is 1. The molecule has 0 fully saturated rings. The van der Waals surface area contributed by atoms with E-state index in [0.717, 1.165) is 12.1 Å². The third-order valence-corrected chi connectivity index (χ3v) is 2.69. The number of rotatable bonds is 3. The quantitative estimate of drug-likeness (QED) is 0.618. The maximum atomic E-state index is 6.88. The summed E-state index contributed by atoms with van der Waals surface area (Å²) >= 11 is 0. The highest BCUT2D eigenvalue weighted by molar-refractivity contribution is 5.45. The van der Waals surface area contributed by atoms with Gasteiger partial charge in [-0.05, 0) is 23.8 Å². The lowest BCUT2D eigenvalue weighted by Gasteiger charge is -2.19. The van der Waals surface area contributed by atoms with Crippen LogP contribution in [0, 0.1) is 12.5 Å². The summed E-state index contributed by atoms with van der Waals surface area (Å²) in [6, 6.07) is 7.99. The highest BCUT2D eigenvalue weighted by Crippen LogP contribution is 2.28. The van der Waals surface area contributed by atoms with Crippen molar-refractivity contribution in [2.24, 2.45) is 5.92 Å². The lowest BCUT2D eigenvalue weighted by atomic mass is 9.86. The molecule has 0 radical (unpaired) electrons. The van der Waals surface area contributed by atoms with Gasteiger partial charge in [-0.3, -0.25) is 0 Å². The number of hydrogen-bond acceptors (Lipinski definition) is 0. The fourth-order valence-corrected chi connectivity index (χ4v) is 1.89. The molecule has 1 nitrogen and oxygen atoms in total. The molecule has 1 aromatic rings. The van der Waals surface area contributed by atoms with Crippen LogP contribution in [0.25, 0.3) is 4.85 Å². The average molecular weight is 187 g/mol. The maximum Gasteiger partial charge on any atom is 0.187 e. The van der Waals surface area contributed by atoms with E-state index in [-0.39, 0.29) is 0 Å². The van der Waals surface area contributed by atoms with Gasteiger partial charge in [0.05, 0.1) is 6.57 Å². The van der Waals surface area contributed by atoms with Crippen molar-refractivity contribution >= 4 is 5.69 Å². The summed E-state index contributed by atoms with van der Waals surface area (Å²) in [5.41, 5.74) is 2.09. The van der Waals surface area contributed by atoms with Crippen molar-refractivity contribution in [3.05, 3.63) is 41.2 Å². The van der Waals surface area contributed by atoms with E-state index in [9.17, 15) is 0 Å². The molecule has 1 atom stereocenters. The van der Waals surface area contributed by atoms with Gasteiger partial charge in [-0.15, -0.1) is 0 Å². The number of hydrogen-bond donors (Lipinski definition) is 0. The van der Waals surface area contributed by atoms with Crippen molar-refractivity contribution in [1.82, 2.24) is 0 Å². The SMILES string of the molecule is [C-]#[N+]c1ccc([C@@H](CC)C(C)C)cc1. The van der Waals surface area contributed by atoms with E-state index in [0.29, 0.717) is 11.8 Å². The Morgan fingerprint density at radius 2 is 1.79 bits per heavy atom. The maximum absolute atomic E-state index is 6.88. The summed E-state index contributed by atoms with van der Waals surface area (Å²) in [5.74, 6) is 1.29. The molecular weight excluding hydrogens is 170 g/mol. The molecule has 0 aliphatic carbocycles. The Morgan fingerprint density at radius 1 is 1.21 bits per heavy atom. The molecule has 1 rings (SSSR count). The van der Waals surface area contributed by atoms with Crippen LogP contribution in [0.2, 0.25) is 0 Å². The lowest BCUT2D eigenvalue weighted by molar-refractivity contribution is 0.485. The van der Waals surface area contributed by atoms with Crippen molar-refractivity contribution < 1.29 is 0 Å². The van der Waals surface area contributed by atoms with Gasteiger partial charge in [0.2, 0.25) is 0 Å². The highest BCUT2D eigenvalue weighted by atomic mass is 14.6. The normalized spacial score (nSPS) is 12.5. The van der Waals surface area contributed by atoms with Gasteiger partial charge in [-0.2, -0.15) is 0 Å². The van der Waals surface area contributed by atoms with Crippen LogP contribution < -0.4 is 0 Å². The van der Waals surface area contributed by atoms with Crippen LogP contribution in [0.4, 0.5) is 5.69 Å². The van der Waals surface area contributed by atoms with Crippen LogP contribution in [0.3, 0.4) is 0 Å². The van der Waals surface area contributed by atoms with Gasteiger partial charge in [0.15, 0.2) is 5.69 Å². The molecule has 0 aromatic heterocycles. The van der Waals surface area contributed by atoms with E-state index in [4.69, 9.17) is 6.57 Å². The Balaban J connectivity index is 2.90. The van der Waals surface area contributed by atoms with E-state index < -0.39 is 0 Å². The van der Waals surface area contributed by atoms with Crippen LogP contribution in [0.1, 0.15) is 38.7 Å². The van der Waals surface area contributed by atoms with Gasteiger partial charge in [-0.1, -0.05) is 45.0 Å². The van der Waals surface area contributed by atoms with E-state index in [1.165, 1.54) is 5.56 Å². The minimum atomic E-state index is 0.620. The third kappa shape index (κ3) is 2.35.